The summed E-state index contributed by atoms with van der Waals surface area (Å²) >= 11 is 18.5. The molecule has 6 heterocycles. The van der Waals surface area contributed by atoms with Crippen LogP contribution in [0.5, 0.6) is 0 Å². The van der Waals surface area contributed by atoms with Crippen molar-refractivity contribution in [2.45, 2.75) is 163 Å². The first-order chi connectivity index (χ1) is 34.1. The van der Waals surface area contributed by atoms with Gasteiger partial charge in [0.25, 0.3) is 18.6 Å². The number of hydrogen-bond acceptors (Lipinski definition) is 20. The van der Waals surface area contributed by atoms with Gasteiger partial charge in [0.2, 0.25) is 18.5 Å². The first-order valence-corrected chi connectivity index (χ1v) is 29.6. The minimum absolute atomic E-state index is 0.0251. The molecule has 73 heavy (non-hydrogen) atoms. The number of anilines is 2. The first-order valence-electron chi connectivity index (χ1n) is 23.7. The van der Waals surface area contributed by atoms with Gasteiger partial charge in [-0.05, 0) is 90.3 Å². The number of aliphatic hydroxyl groups excluding tert-OH is 3. The standard InChI is InChI=1S/C21H32ClN6O7P.C11H14ClN5O4.C10H19ClNO3P/c1-11(18(31)34-12-7-5-4-6-8-12)27-36(3,32)33-9-13-15(29)21(2,22)19(35-13)28-10-24-14-16(28)25-20(23)26-17(14)30;1-11(12)6(19)4(2-18)21-9(11)17-3-14-5-7(17)15-10(13)16-8(5)20;1-8(12-16(2,11)14)10(13)15-9-6-4-3-5-7-9/h10-13,15,19,29H,4-9H2,1-3H3,(H,27,32)(H3,23,25,26,30);3-4,6,9,18-19H,2H2,1H3,(H3,13,15,16,20);8-9H,3-7H2,1-2H3,(H,12,14)/t11-,13+,15+,19+,21+,36?;4-,6-,9-,11-;8-,16?/m010/s1. The zero-order valence-corrected chi connectivity index (χ0v) is 45.2. The van der Waals surface area contributed by atoms with Crippen LogP contribution >= 0.6 is 48.6 Å². The number of carbonyl (C=O) groups is 2. The lowest BCUT2D eigenvalue weighted by Gasteiger charge is -2.26. The molecule has 4 aromatic heterocycles. The molecule has 8 rings (SSSR count). The molecular weight excluding hydrogens is 1060 g/mol. The highest BCUT2D eigenvalue weighted by molar-refractivity contribution is 7.87. The Hall–Kier alpha value is -3.75. The smallest absolute Gasteiger partial charge is 0.323 e. The number of carbonyl (C=O) groups excluding carboxylic acids is 2. The van der Waals surface area contributed by atoms with Crippen LogP contribution in [0.2, 0.25) is 0 Å². The van der Waals surface area contributed by atoms with Crippen LogP contribution in [0.15, 0.2) is 22.2 Å². The van der Waals surface area contributed by atoms with Gasteiger partial charge in [0.15, 0.2) is 34.8 Å². The fraction of sp³-hybridized carbons (Fsp3) is 0.714. The zero-order chi connectivity index (χ0) is 53.8. The van der Waals surface area contributed by atoms with Gasteiger partial charge in [0.1, 0.15) is 58.5 Å². The molecule has 0 bridgehead atoms. The van der Waals surface area contributed by atoms with Gasteiger partial charge in [-0.15, -0.1) is 23.2 Å². The van der Waals surface area contributed by atoms with Crippen molar-refractivity contribution in [3.8, 4) is 0 Å². The molecule has 2 unspecified atom stereocenters. The molecule has 31 heteroatoms. The Balaban J connectivity index is 0.000000198. The van der Waals surface area contributed by atoms with Crippen LogP contribution in [0.3, 0.4) is 0 Å². The highest BCUT2D eigenvalue weighted by Gasteiger charge is 2.55. The number of halogens is 3. The first kappa shape index (κ1) is 58.5. The van der Waals surface area contributed by atoms with E-state index in [2.05, 4.69) is 40.1 Å². The maximum absolute atomic E-state index is 13.0. The predicted octanol–water partition coefficient (Wildman–Crippen LogP) is 3.50. The van der Waals surface area contributed by atoms with E-state index in [9.17, 15) is 43.6 Å². The number of alkyl halides is 2. The molecule has 0 radical (unpaired) electrons. The van der Waals surface area contributed by atoms with Gasteiger partial charge in [-0.1, -0.05) is 12.8 Å². The molecule has 11 N–H and O–H groups in total. The van der Waals surface area contributed by atoms with E-state index in [1.165, 1.54) is 41.5 Å². The van der Waals surface area contributed by atoms with Crippen molar-refractivity contribution in [2.75, 3.05) is 38.0 Å². The number of hydrogen-bond donors (Lipinski definition) is 9. The summed E-state index contributed by atoms with van der Waals surface area (Å²) < 4.78 is 55.0. The lowest BCUT2D eigenvalue weighted by molar-refractivity contribution is -0.153. The van der Waals surface area contributed by atoms with Gasteiger partial charge in [0.05, 0.1) is 25.9 Å². The van der Waals surface area contributed by atoms with Crippen molar-refractivity contribution in [2.24, 2.45) is 0 Å². The van der Waals surface area contributed by atoms with E-state index in [4.69, 9.17) is 69.4 Å². The van der Waals surface area contributed by atoms with Crippen LogP contribution in [-0.2, 0) is 42.2 Å². The third-order valence-corrected chi connectivity index (χ3v) is 16.2. The van der Waals surface area contributed by atoms with E-state index in [-0.39, 0.29) is 65.6 Å². The van der Waals surface area contributed by atoms with Crippen LogP contribution in [0.25, 0.3) is 22.3 Å². The predicted molar refractivity (Wildman–Crippen MR) is 271 cm³/mol. The number of nitrogens with one attached hydrogen (secondary N) is 4. The number of fused-ring (bicyclic) bond motifs is 2. The summed E-state index contributed by atoms with van der Waals surface area (Å²) in [7, 11) is -3.49. The van der Waals surface area contributed by atoms with Crippen LogP contribution in [0.1, 0.15) is 104 Å². The molecule has 2 saturated heterocycles. The normalized spacial score (nSPS) is 29.3. The average Bonchev–Trinajstić information content (AvgIpc) is 4.04. The van der Waals surface area contributed by atoms with Crippen molar-refractivity contribution in [1.82, 2.24) is 49.2 Å². The second kappa shape index (κ2) is 24.1. The van der Waals surface area contributed by atoms with Gasteiger partial charge in [-0.3, -0.25) is 47.4 Å². The largest absolute Gasteiger partial charge is 0.461 e. The maximum atomic E-state index is 13.0. The van der Waals surface area contributed by atoms with E-state index in [0.717, 1.165) is 57.8 Å². The van der Waals surface area contributed by atoms with Gasteiger partial charge >= 0.3 is 11.9 Å². The second-order valence-electron chi connectivity index (χ2n) is 19.0. The zero-order valence-electron chi connectivity index (χ0n) is 41.1. The highest BCUT2D eigenvalue weighted by Crippen LogP contribution is 2.47. The van der Waals surface area contributed by atoms with Crippen LogP contribution < -0.4 is 32.8 Å². The number of ether oxygens (including phenoxy) is 4. The van der Waals surface area contributed by atoms with Gasteiger partial charge in [-0.2, -0.15) is 9.97 Å². The summed E-state index contributed by atoms with van der Waals surface area (Å²) in [5.74, 6) is -1.04. The van der Waals surface area contributed by atoms with Gasteiger partial charge in [-0.25, -0.2) is 20.1 Å². The molecule has 2 aliphatic heterocycles. The average molecular weight is 1130 g/mol. The fourth-order valence-electron chi connectivity index (χ4n) is 8.90. The fourth-order valence-corrected chi connectivity index (χ4v) is 12.0. The van der Waals surface area contributed by atoms with Crippen molar-refractivity contribution in [3.63, 3.8) is 0 Å². The topological polar surface area (TPSA) is 378 Å². The molecule has 408 valence electrons. The van der Waals surface area contributed by atoms with Crippen molar-refractivity contribution in [3.05, 3.63) is 33.4 Å². The van der Waals surface area contributed by atoms with Crippen LogP contribution in [-0.4, -0.2) is 151 Å². The number of aromatic nitrogens is 8. The molecule has 0 aromatic carbocycles. The summed E-state index contributed by atoms with van der Waals surface area (Å²) in [4.78, 5) is 66.2. The molecule has 26 nitrogen and oxygen atoms in total. The molecule has 12 atom stereocenters. The molecule has 4 aromatic rings. The molecular formula is C42H65Cl3N12O14P2. The quantitative estimate of drug-likeness (QED) is 0.0495. The van der Waals surface area contributed by atoms with E-state index < -0.39 is 90.0 Å². The van der Waals surface area contributed by atoms with E-state index in [1.54, 1.807) is 27.7 Å². The minimum Gasteiger partial charge on any atom is -0.461 e. The third-order valence-electron chi connectivity index (χ3n) is 12.7. The number of H-pyrrole nitrogens is 2. The Kier molecular flexibility index (Phi) is 19.3. The molecule has 0 amide bonds. The molecule has 0 spiro atoms. The summed E-state index contributed by atoms with van der Waals surface area (Å²) in [6.07, 6.45) is 6.72. The van der Waals surface area contributed by atoms with E-state index in [1.807, 2.05) is 0 Å². The Labute approximate surface area is 434 Å². The number of nitrogen functional groups attached to an aromatic ring is 2. The van der Waals surface area contributed by atoms with Crippen molar-refractivity contribution in [1.29, 1.82) is 0 Å². The number of esters is 2. The number of aliphatic hydroxyl groups is 3. The minimum atomic E-state index is -3.49. The molecule has 2 aliphatic carbocycles. The maximum Gasteiger partial charge on any atom is 0.323 e. The lowest BCUT2D eigenvalue weighted by atomic mass is 9.98. The Morgan fingerprint density at radius 3 is 1.58 bits per heavy atom. The third kappa shape index (κ3) is 14.4. The second-order valence-corrected chi connectivity index (χ2v) is 26.7. The summed E-state index contributed by atoms with van der Waals surface area (Å²) in [6.45, 7) is 5.43. The van der Waals surface area contributed by atoms with Crippen molar-refractivity contribution < 1.29 is 57.5 Å². The summed E-state index contributed by atoms with van der Waals surface area (Å²) in [5, 5.41) is 35.4. The summed E-state index contributed by atoms with van der Waals surface area (Å²) in [6, 6.07) is -1.47. The Bertz CT molecular complexity index is 2780. The van der Waals surface area contributed by atoms with Gasteiger partial charge in [0, 0.05) is 13.3 Å². The number of nitrogens with zero attached hydrogens (tertiary/aromatic N) is 6. The SMILES string of the molecule is C[C@@]1(Cl)[C@H](O)[C@@H](CO)O[C@H]1n1cnc2c(=O)[nH]c(N)nc21.C[C@H](NP(C)(=O)Cl)C(=O)OC1CCCCC1.C[C@H](NP(C)(=O)OC[C@H]1O[C@@H](n2cnc3c(=O)[nH]c(N)nc32)[C@](C)(Cl)[C@@H]1O)C(=O)OC1CCCCC1. The molecule has 2 saturated carbocycles. The number of rotatable bonds is 14. The van der Waals surface area contributed by atoms with Gasteiger partial charge < -0.3 is 50.3 Å². The number of aromatic amines is 2. The van der Waals surface area contributed by atoms with Crippen LogP contribution in [0, 0.1) is 0 Å². The Morgan fingerprint density at radius 2 is 1.18 bits per heavy atom. The number of imidazole rings is 2. The van der Waals surface area contributed by atoms with Crippen molar-refractivity contribution >= 4 is 94.8 Å². The highest BCUT2D eigenvalue weighted by atomic mass is 35.7. The summed E-state index contributed by atoms with van der Waals surface area (Å²) in [5.41, 5.74) is 10.6. The molecule has 4 fully saturated rings. The van der Waals surface area contributed by atoms with E-state index >= 15 is 0 Å². The monoisotopic (exact) mass is 1130 g/mol. The lowest BCUT2D eigenvalue weighted by Crippen LogP contribution is -2.40. The Morgan fingerprint density at radius 1 is 0.781 bits per heavy atom. The van der Waals surface area contributed by atoms with Crippen LogP contribution in [0.4, 0.5) is 11.9 Å². The van der Waals surface area contributed by atoms with E-state index in [0.29, 0.717) is 0 Å². The number of nitrogens with two attached hydrogens (primary N) is 2. The molecule has 4 aliphatic rings.